The Labute approximate surface area is 82.5 Å². The zero-order chi connectivity index (χ0) is 8.72. The number of aryl methyl sites for hydroxylation is 1. The Morgan fingerprint density at radius 2 is 2.33 bits per heavy atom. The summed E-state index contributed by atoms with van der Waals surface area (Å²) in [6.07, 6.45) is 1.84. The normalized spacial score (nSPS) is 10.9. The molecule has 0 amide bonds. The fourth-order valence-corrected chi connectivity index (χ4v) is 1.71. The maximum absolute atomic E-state index is 5.88. The van der Waals surface area contributed by atoms with Gasteiger partial charge in [-0.15, -0.1) is 0 Å². The van der Waals surface area contributed by atoms with E-state index in [2.05, 4.69) is 26.0 Å². The second kappa shape index (κ2) is 2.71. The van der Waals surface area contributed by atoms with Gasteiger partial charge in [0.25, 0.3) is 0 Å². The number of rotatable bonds is 0. The third-order valence-corrected chi connectivity index (χ3v) is 2.20. The minimum atomic E-state index is 0.480. The molecule has 0 N–H and O–H groups in total. The molecule has 62 valence electrons. The number of halogens is 2. The number of fused-ring (bicyclic) bond motifs is 1. The molecule has 0 saturated heterocycles. The average molecular weight is 246 g/mol. The summed E-state index contributed by atoms with van der Waals surface area (Å²) in [6, 6.07) is 1.88. The van der Waals surface area contributed by atoms with Crippen LogP contribution >= 0.6 is 27.5 Å². The molecule has 2 heterocycles. The van der Waals surface area contributed by atoms with Crippen molar-refractivity contribution in [2.75, 3.05) is 0 Å². The molecule has 0 atom stereocenters. The maximum Gasteiger partial charge on any atom is 0.156 e. The van der Waals surface area contributed by atoms with Crippen molar-refractivity contribution < 1.29 is 0 Å². The van der Waals surface area contributed by atoms with Crippen molar-refractivity contribution in [3.05, 3.63) is 27.7 Å². The van der Waals surface area contributed by atoms with Gasteiger partial charge in [-0.2, -0.15) is 5.10 Å². The predicted molar refractivity (Wildman–Crippen MR) is 50.4 cm³/mol. The van der Waals surface area contributed by atoms with E-state index in [4.69, 9.17) is 11.6 Å². The molecular formula is C7H5BrClN3. The summed E-state index contributed by atoms with van der Waals surface area (Å²) in [5.41, 5.74) is 0.814. The number of nitrogens with zero attached hydrogens (tertiary/aromatic N) is 3. The molecule has 0 aromatic carbocycles. The van der Waals surface area contributed by atoms with E-state index < -0.39 is 0 Å². The van der Waals surface area contributed by atoms with E-state index in [-0.39, 0.29) is 0 Å². The van der Waals surface area contributed by atoms with Gasteiger partial charge >= 0.3 is 0 Å². The summed E-state index contributed by atoms with van der Waals surface area (Å²) in [5, 5.41) is 4.63. The van der Waals surface area contributed by atoms with Crippen LogP contribution in [0.3, 0.4) is 0 Å². The van der Waals surface area contributed by atoms with Crippen molar-refractivity contribution in [2.45, 2.75) is 6.92 Å². The second-order valence-corrected chi connectivity index (χ2v) is 3.71. The van der Waals surface area contributed by atoms with Crippen LogP contribution in [0, 0.1) is 6.92 Å². The first-order valence-electron chi connectivity index (χ1n) is 3.35. The van der Waals surface area contributed by atoms with E-state index in [0.717, 1.165) is 9.99 Å². The first-order valence-corrected chi connectivity index (χ1v) is 4.52. The highest BCUT2D eigenvalue weighted by molar-refractivity contribution is 9.10. The SMILES string of the molecule is Cc1nc(Cl)c2cc(Br)cn2n1. The lowest BCUT2D eigenvalue weighted by molar-refractivity contribution is 0.856. The Morgan fingerprint density at radius 1 is 1.58 bits per heavy atom. The number of hydrogen-bond donors (Lipinski definition) is 0. The van der Waals surface area contributed by atoms with Gasteiger partial charge in [0.2, 0.25) is 0 Å². The van der Waals surface area contributed by atoms with E-state index in [1.54, 1.807) is 11.4 Å². The van der Waals surface area contributed by atoms with Gasteiger partial charge in [0, 0.05) is 10.7 Å². The molecule has 0 saturated carbocycles. The standard InChI is InChI=1S/C7H5BrClN3/c1-4-10-7(9)6-2-5(8)3-12(6)11-4/h2-3H,1H3. The molecule has 0 aliphatic carbocycles. The maximum atomic E-state index is 5.88. The molecule has 0 aliphatic heterocycles. The van der Waals surface area contributed by atoms with Gasteiger partial charge < -0.3 is 0 Å². The van der Waals surface area contributed by atoms with E-state index in [0.29, 0.717) is 11.0 Å². The monoisotopic (exact) mass is 245 g/mol. The summed E-state index contributed by atoms with van der Waals surface area (Å²) in [5.74, 6) is 0.663. The highest BCUT2D eigenvalue weighted by atomic mass is 79.9. The Balaban J connectivity index is 2.88. The predicted octanol–water partition coefficient (Wildman–Crippen LogP) is 2.45. The van der Waals surface area contributed by atoms with Gasteiger partial charge in [-0.05, 0) is 28.9 Å². The Morgan fingerprint density at radius 3 is 3.08 bits per heavy atom. The summed E-state index contributed by atoms with van der Waals surface area (Å²) in [4.78, 5) is 4.03. The second-order valence-electron chi connectivity index (χ2n) is 2.44. The Hall–Kier alpha value is -0.610. The average Bonchev–Trinajstić information content (AvgIpc) is 2.29. The highest BCUT2D eigenvalue weighted by Gasteiger charge is 2.04. The molecule has 12 heavy (non-hydrogen) atoms. The van der Waals surface area contributed by atoms with Crippen molar-refractivity contribution in [3.63, 3.8) is 0 Å². The molecule has 0 spiro atoms. The summed E-state index contributed by atoms with van der Waals surface area (Å²) in [7, 11) is 0. The van der Waals surface area contributed by atoms with E-state index in [1.807, 2.05) is 12.3 Å². The fraction of sp³-hybridized carbons (Fsp3) is 0.143. The molecule has 2 aromatic rings. The lowest BCUT2D eigenvalue weighted by Gasteiger charge is -1.96. The van der Waals surface area contributed by atoms with Crippen molar-refractivity contribution >= 4 is 33.0 Å². The third kappa shape index (κ3) is 1.21. The summed E-state index contributed by atoms with van der Waals surface area (Å²) < 4.78 is 2.65. The molecule has 2 aromatic heterocycles. The van der Waals surface area contributed by atoms with Gasteiger partial charge in [0.05, 0.1) is 0 Å². The Kier molecular flexibility index (Phi) is 1.81. The lowest BCUT2D eigenvalue weighted by atomic mass is 10.5. The van der Waals surface area contributed by atoms with Crippen LogP contribution in [0.1, 0.15) is 5.82 Å². The first kappa shape index (κ1) is 8.01. The van der Waals surface area contributed by atoms with Crippen molar-refractivity contribution in [2.24, 2.45) is 0 Å². The molecular weight excluding hydrogens is 241 g/mol. The molecule has 0 radical (unpaired) electrons. The van der Waals surface area contributed by atoms with Gasteiger partial charge in [-0.3, -0.25) is 0 Å². The topological polar surface area (TPSA) is 30.2 Å². The van der Waals surface area contributed by atoms with Crippen molar-refractivity contribution in [3.8, 4) is 0 Å². The van der Waals surface area contributed by atoms with Crippen molar-refractivity contribution in [1.82, 2.24) is 14.6 Å². The fourth-order valence-electron chi connectivity index (χ4n) is 1.03. The first-order chi connectivity index (χ1) is 5.66. The molecule has 0 bridgehead atoms. The van der Waals surface area contributed by atoms with Gasteiger partial charge in [-0.1, -0.05) is 11.6 Å². The third-order valence-electron chi connectivity index (χ3n) is 1.49. The molecule has 0 aliphatic rings. The smallest absolute Gasteiger partial charge is 0.156 e. The zero-order valence-electron chi connectivity index (χ0n) is 6.25. The summed E-state index contributed by atoms with van der Waals surface area (Å²) in [6.45, 7) is 1.80. The molecule has 0 unspecified atom stereocenters. The molecule has 3 nitrogen and oxygen atoms in total. The highest BCUT2D eigenvalue weighted by Crippen LogP contribution is 2.20. The van der Waals surface area contributed by atoms with Crippen LogP contribution in [0.2, 0.25) is 5.15 Å². The van der Waals surface area contributed by atoms with Crippen LogP contribution in [0.4, 0.5) is 0 Å². The Bertz CT molecular complexity index is 437. The summed E-state index contributed by atoms with van der Waals surface area (Å²) >= 11 is 9.22. The van der Waals surface area contributed by atoms with Gasteiger partial charge in [0.15, 0.2) is 5.15 Å². The van der Waals surface area contributed by atoms with E-state index >= 15 is 0 Å². The van der Waals surface area contributed by atoms with Gasteiger partial charge in [0.1, 0.15) is 11.3 Å². The zero-order valence-corrected chi connectivity index (χ0v) is 8.59. The van der Waals surface area contributed by atoms with E-state index in [9.17, 15) is 0 Å². The van der Waals surface area contributed by atoms with Crippen LogP contribution in [0.25, 0.3) is 5.52 Å². The van der Waals surface area contributed by atoms with E-state index in [1.165, 1.54) is 0 Å². The van der Waals surface area contributed by atoms with Crippen molar-refractivity contribution in [1.29, 1.82) is 0 Å². The quantitative estimate of drug-likeness (QED) is 0.715. The molecule has 5 heteroatoms. The molecule has 0 fully saturated rings. The number of hydrogen-bond acceptors (Lipinski definition) is 2. The minimum absolute atomic E-state index is 0.480. The lowest BCUT2D eigenvalue weighted by Crippen LogP contribution is -1.96. The van der Waals surface area contributed by atoms with Crippen LogP contribution in [0.15, 0.2) is 16.7 Å². The van der Waals surface area contributed by atoms with Crippen LogP contribution in [-0.4, -0.2) is 14.6 Å². The van der Waals surface area contributed by atoms with Gasteiger partial charge in [-0.25, -0.2) is 9.50 Å². The van der Waals surface area contributed by atoms with Crippen LogP contribution < -0.4 is 0 Å². The van der Waals surface area contributed by atoms with Crippen LogP contribution in [0.5, 0.6) is 0 Å². The molecule has 2 rings (SSSR count). The van der Waals surface area contributed by atoms with Crippen LogP contribution in [-0.2, 0) is 0 Å². The largest absolute Gasteiger partial charge is 0.235 e. The number of aromatic nitrogens is 3. The minimum Gasteiger partial charge on any atom is -0.235 e.